The number of anilines is 1. The van der Waals surface area contributed by atoms with Gasteiger partial charge in [0.25, 0.3) is 5.91 Å². The predicted octanol–water partition coefficient (Wildman–Crippen LogP) is 5.12. The van der Waals surface area contributed by atoms with E-state index in [-0.39, 0.29) is 17.1 Å². The molecule has 3 aromatic carbocycles. The number of hydrogen-bond acceptors (Lipinski definition) is 4. The van der Waals surface area contributed by atoms with Crippen LogP contribution in [0.5, 0.6) is 5.75 Å². The van der Waals surface area contributed by atoms with Crippen LogP contribution < -0.4 is 14.8 Å². The van der Waals surface area contributed by atoms with Crippen molar-refractivity contribution in [3.63, 3.8) is 0 Å². The van der Waals surface area contributed by atoms with Crippen molar-refractivity contribution >= 4 is 44.8 Å². The number of sulfonamides is 1. The van der Waals surface area contributed by atoms with Crippen molar-refractivity contribution in [2.45, 2.75) is 18.4 Å². The van der Waals surface area contributed by atoms with Gasteiger partial charge in [-0.3, -0.25) is 4.79 Å². The molecule has 0 aliphatic carbocycles. The van der Waals surface area contributed by atoms with E-state index in [0.29, 0.717) is 28.0 Å². The fourth-order valence-corrected chi connectivity index (χ4v) is 4.10. The molecular formula is C22H20Cl2N2O4S. The molecule has 0 bridgehead atoms. The molecule has 31 heavy (non-hydrogen) atoms. The number of halogens is 2. The molecule has 1 amide bonds. The third kappa shape index (κ3) is 6.21. The SMILES string of the molecule is CCOc1ccc(S(=O)(=O)NCc2ccc(Cl)cc2)cc1NC(=O)c1cccc(Cl)c1. The highest BCUT2D eigenvalue weighted by atomic mass is 35.5. The van der Waals surface area contributed by atoms with Crippen LogP contribution in [0.1, 0.15) is 22.8 Å². The van der Waals surface area contributed by atoms with Gasteiger partial charge in [0, 0.05) is 22.2 Å². The van der Waals surface area contributed by atoms with E-state index in [1.807, 2.05) is 0 Å². The fourth-order valence-electron chi connectivity index (χ4n) is 2.74. The van der Waals surface area contributed by atoms with Gasteiger partial charge < -0.3 is 10.1 Å². The standard InChI is InChI=1S/C22H20Cl2N2O4S/c1-2-30-21-11-10-19(31(28,29)25-14-15-6-8-17(23)9-7-15)13-20(21)26-22(27)16-4-3-5-18(24)12-16/h3-13,25H,2,14H2,1H3,(H,26,27). The van der Waals surface area contributed by atoms with Gasteiger partial charge in [-0.05, 0) is 61.0 Å². The zero-order valence-corrected chi connectivity index (χ0v) is 18.9. The average Bonchev–Trinajstić information content (AvgIpc) is 2.74. The maximum Gasteiger partial charge on any atom is 0.255 e. The van der Waals surface area contributed by atoms with Gasteiger partial charge in [-0.15, -0.1) is 0 Å². The van der Waals surface area contributed by atoms with E-state index in [9.17, 15) is 13.2 Å². The van der Waals surface area contributed by atoms with Gasteiger partial charge in [0.05, 0.1) is 17.2 Å². The smallest absolute Gasteiger partial charge is 0.255 e. The molecule has 9 heteroatoms. The lowest BCUT2D eigenvalue weighted by Crippen LogP contribution is -2.23. The van der Waals surface area contributed by atoms with Crippen LogP contribution in [0.2, 0.25) is 10.0 Å². The Morgan fingerprint density at radius 3 is 2.39 bits per heavy atom. The molecular weight excluding hydrogens is 459 g/mol. The summed E-state index contributed by atoms with van der Waals surface area (Å²) in [7, 11) is -3.84. The summed E-state index contributed by atoms with van der Waals surface area (Å²) in [5.41, 5.74) is 1.33. The predicted molar refractivity (Wildman–Crippen MR) is 122 cm³/mol. The second kappa shape index (κ2) is 10.2. The Labute approximate surface area is 191 Å². The number of rotatable bonds is 8. The lowest BCUT2D eigenvalue weighted by atomic mass is 10.2. The molecule has 0 heterocycles. The van der Waals surface area contributed by atoms with Crippen LogP contribution in [-0.2, 0) is 16.6 Å². The second-order valence-corrected chi connectivity index (χ2v) is 9.15. The molecule has 0 radical (unpaired) electrons. The molecule has 0 spiro atoms. The lowest BCUT2D eigenvalue weighted by molar-refractivity contribution is 0.102. The van der Waals surface area contributed by atoms with Gasteiger partial charge in [-0.1, -0.05) is 41.4 Å². The quantitative estimate of drug-likeness (QED) is 0.470. The van der Waals surface area contributed by atoms with Crippen LogP contribution in [-0.4, -0.2) is 20.9 Å². The van der Waals surface area contributed by atoms with Crippen molar-refractivity contribution in [2.24, 2.45) is 0 Å². The van der Waals surface area contributed by atoms with Gasteiger partial charge >= 0.3 is 0 Å². The number of nitrogens with one attached hydrogen (secondary N) is 2. The number of carbonyl (C=O) groups is 1. The molecule has 0 aromatic heterocycles. The summed E-state index contributed by atoms with van der Waals surface area (Å²) in [6.45, 7) is 2.23. The van der Waals surface area contributed by atoms with Crippen LogP contribution in [0.3, 0.4) is 0 Å². The van der Waals surface area contributed by atoms with Gasteiger partial charge in [-0.2, -0.15) is 0 Å². The normalized spacial score (nSPS) is 11.2. The van der Waals surface area contributed by atoms with Crippen molar-refractivity contribution in [3.8, 4) is 5.75 Å². The summed E-state index contributed by atoms with van der Waals surface area (Å²) in [4.78, 5) is 12.6. The van der Waals surface area contributed by atoms with E-state index in [1.165, 1.54) is 24.3 Å². The third-order valence-corrected chi connectivity index (χ3v) is 6.16. The first-order valence-electron chi connectivity index (χ1n) is 9.36. The van der Waals surface area contributed by atoms with Gasteiger partial charge in [0.1, 0.15) is 5.75 Å². The number of hydrogen-bond donors (Lipinski definition) is 2. The molecule has 0 unspecified atom stereocenters. The molecule has 6 nitrogen and oxygen atoms in total. The second-order valence-electron chi connectivity index (χ2n) is 6.51. The molecule has 0 aliphatic heterocycles. The zero-order chi connectivity index (χ0) is 22.4. The molecule has 3 aromatic rings. The number of benzene rings is 3. The molecule has 162 valence electrons. The highest BCUT2D eigenvalue weighted by Gasteiger charge is 2.18. The topological polar surface area (TPSA) is 84.5 Å². The number of ether oxygens (including phenoxy) is 1. The maximum absolute atomic E-state index is 12.8. The highest BCUT2D eigenvalue weighted by molar-refractivity contribution is 7.89. The number of carbonyl (C=O) groups excluding carboxylic acids is 1. The van der Waals surface area contributed by atoms with Crippen molar-refractivity contribution in [3.05, 3.63) is 87.9 Å². The molecule has 0 saturated heterocycles. The minimum atomic E-state index is -3.84. The minimum absolute atomic E-state index is 0.00805. The summed E-state index contributed by atoms with van der Waals surface area (Å²) in [6, 6.07) is 17.6. The van der Waals surface area contributed by atoms with Crippen molar-refractivity contribution in [1.82, 2.24) is 4.72 Å². The van der Waals surface area contributed by atoms with Crippen molar-refractivity contribution < 1.29 is 17.9 Å². The lowest BCUT2D eigenvalue weighted by Gasteiger charge is -2.14. The van der Waals surface area contributed by atoms with Gasteiger partial charge in [0.2, 0.25) is 10.0 Å². The molecule has 0 atom stereocenters. The fraction of sp³-hybridized carbons (Fsp3) is 0.136. The molecule has 0 aliphatic rings. The number of amides is 1. The molecule has 0 fully saturated rings. The first-order valence-corrected chi connectivity index (χ1v) is 11.6. The Bertz CT molecular complexity index is 1180. The van der Waals surface area contributed by atoms with E-state index >= 15 is 0 Å². The Hall–Kier alpha value is -2.58. The van der Waals surface area contributed by atoms with Crippen LogP contribution >= 0.6 is 23.2 Å². The summed E-state index contributed by atoms with van der Waals surface area (Å²) >= 11 is 11.8. The largest absolute Gasteiger partial charge is 0.492 e. The summed E-state index contributed by atoms with van der Waals surface area (Å²) in [5.74, 6) is -0.0818. The maximum atomic E-state index is 12.8. The van der Waals surface area contributed by atoms with E-state index in [1.54, 1.807) is 49.4 Å². The van der Waals surface area contributed by atoms with Crippen LogP contribution in [0.15, 0.2) is 71.6 Å². The van der Waals surface area contributed by atoms with Crippen molar-refractivity contribution in [2.75, 3.05) is 11.9 Å². The first-order chi connectivity index (χ1) is 14.8. The Balaban J connectivity index is 1.84. The molecule has 2 N–H and O–H groups in total. The van der Waals surface area contributed by atoms with Crippen molar-refractivity contribution in [1.29, 1.82) is 0 Å². The molecule has 3 rings (SSSR count). The van der Waals surface area contributed by atoms with Crippen LogP contribution in [0.4, 0.5) is 5.69 Å². The highest BCUT2D eigenvalue weighted by Crippen LogP contribution is 2.29. The summed E-state index contributed by atoms with van der Waals surface area (Å²) in [6.07, 6.45) is 0. The summed E-state index contributed by atoms with van der Waals surface area (Å²) in [5, 5.41) is 3.69. The zero-order valence-electron chi connectivity index (χ0n) is 16.6. The van der Waals surface area contributed by atoms with E-state index in [4.69, 9.17) is 27.9 Å². The monoisotopic (exact) mass is 478 g/mol. The van der Waals surface area contributed by atoms with Crippen LogP contribution in [0.25, 0.3) is 0 Å². The summed E-state index contributed by atoms with van der Waals surface area (Å²) < 4.78 is 33.6. The first kappa shape index (κ1) is 23.1. The minimum Gasteiger partial charge on any atom is -0.492 e. The Kier molecular flexibility index (Phi) is 7.56. The van der Waals surface area contributed by atoms with Crippen LogP contribution in [0, 0.1) is 0 Å². The Morgan fingerprint density at radius 2 is 1.71 bits per heavy atom. The van der Waals surface area contributed by atoms with Gasteiger partial charge in [0.15, 0.2) is 0 Å². The molecule has 0 saturated carbocycles. The third-order valence-electron chi connectivity index (χ3n) is 4.28. The Morgan fingerprint density at radius 1 is 0.968 bits per heavy atom. The van der Waals surface area contributed by atoms with Gasteiger partial charge in [-0.25, -0.2) is 13.1 Å². The average molecular weight is 479 g/mol. The van der Waals surface area contributed by atoms with E-state index < -0.39 is 15.9 Å². The van der Waals surface area contributed by atoms with E-state index in [0.717, 1.165) is 5.56 Å². The van der Waals surface area contributed by atoms with E-state index in [2.05, 4.69) is 10.0 Å².